The predicted molar refractivity (Wildman–Crippen MR) is 264 cm³/mol. The third-order valence-corrected chi connectivity index (χ3v) is 14.6. The molecule has 0 bridgehead atoms. The topological polar surface area (TPSA) is 6.48 Å². The van der Waals surface area contributed by atoms with Crippen molar-refractivity contribution in [2.24, 2.45) is 5.92 Å². The highest BCUT2D eigenvalue weighted by molar-refractivity contribution is 6.26. The van der Waals surface area contributed by atoms with Crippen molar-refractivity contribution in [3.63, 3.8) is 0 Å². The van der Waals surface area contributed by atoms with Crippen LogP contribution in [0, 0.1) is 5.92 Å². The lowest BCUT2D eigenvalue weighted by atomic mass is 9.57. The second-order valence-corrected chi connectivity index (χ2v) is 17.5. The van der Waals surface area contributed by atoms with E-state index in [4.69, 9.17) is 0 Å². The van der Waals surface area contributed by atoms with E-state index >= 15 is 0 Å². The molecule has 0 aromatic heterocycles. The molecule has 3 unspecified atom stereocenters. The Morgan fingerprint density at radius 3 is 1.75 bits per heavy atom. The molecular weight excluding hydrogens is 761 g/mol. The molecule has 2 aliphatic heterocycles. The normalized spacial score (nSPS) is 18.5. The molecule has 0 radical (unpaired) electrons. The smallest absolute Gasteiger partial charge is 0.0676 e. The van der Waals surface area contributed by atoms with E-state index in [9.17, 15) is 0 Å². The zero-order chi connectivity index (χ0) is 41.2. The first-order valence-electron chi connectivity index (χ1n) is 22.2. The highest BCUT2D eigenvalue weighted by atomic mass is 15.2. The fourth-order valence-electron chi connectivity index (χ4n) is 12.2. The number of benzene rings is 10. The average Bonchev–Trinajstić information content (AvgIpc) is 3.86. The van der Waals surface area contributed by atoms with Gasteiger partial charge in [0.05, 0.1) is 17.1 Å². The van der Waals surface area contributed by atoms with Crippen LogP contribution in [0.1, 0.15) is 22.3 Å². The quantitative estimate of drug-likeness (QED) is 0.164. The van der Waals surface area contributed by atoms with Gasteiger partial charge in [-0.05, 0) is 114 Å². The van der Waals surface area contributed by atoms with Crippen molar-refractivity contribution >= 4 is 66.3 Å². The van der Waals surface area contributed by atoms with E-state index in [0.29, 0.717) is 0 Å². The van der Waals surface area contributed by atoms with E-state index < -0.39 is 5.41 Å². The van der Waals surface area contributed by atoms with Crippen LogP contribution in [0.4, 0.5) is 28.4 Å². The molecule has 10 aromatic rings. The molecule has 63 heavy (non-hydrogen) atoms. The van der Waals surface area contributed by atoms with Crippen molar-refractivity contribution in [1.82, 2.24) is 0 Å². The number of hydrogen-bond donors (Lipinski definition) is 0. The summed E-state index contributed by atoms with van der Waals surface area (Å²) in [7, 11) is 0. The molecule has 10 aromatic carbocycles. The van der Waals surface area contributed by atoms with Crippen molar-refractivity contribution in [3.05, 3.63) is 253 Å². The van der Waals surface area contributed by atoms with Crippen LogP contribution in [0.25, 0.3) is 60.1 Å². The van der Waals surface area contributed by atoms with E-state index in [-0.39, 0.29) is 12.0 Å². The second kappa shape index (κ2) is 13.0. The molecule has 4 aliphatic rings. The molecule has 294 valence electrons. The van der Waals surface area contributed by atoms with Gasteiger partial charge in [0, 0.05) is 39.8 Å². The fraction of sp³-hybridized carbons (Fsp3) is 0.0492. The molecule has 14 rings (SSSR count). The standard InChI is InChI=1S/C61H40N2/c1-2-16-39(17-3-1)40-32-34-41(35-33-40)62(42-36-37-47-45-20-5-4-18-43(45)44-19-6-7-21-46(44)51(47)38-42)58-31-15-27-54-59(58)50-23-8-10-25-52(50)61(54)53-26-11-13-30-57(53)63-56-29-12-9-22-48(56)49-24-14-28-55(61)60(49)63/h1-38,55,60H. The molecule has 3 atom stereocenters. The summed E-state index contributed by atoms with van der Waals surface area (Å²) in [5, 5.41) is 7.64. The lowest BCUT2D eigenvalue weighted by molar-refractivity contribution is 0.404. The molecule has 2 heteroatoms. The van der Waals surface area contributed by atoms with Crippen LogP contribution in [-0.4, -0.2) is 6.04 Å². The van der Waals surface area contributed by atoms with Crippen LogP contribution in [0.2, 0.25) is 0 Å². The Hall–Kier alpha value is -7.94. The van der Waals surface area contributed by atoms with Crippen LogP contribution < -0.4 is 9.80 Å². The largest absolute Gasteiger partial charge is 0.332 e. The van der Waals surface area contributed by atoms with Crippen LogP contribution >= 0.6 is 0 Å². The van der Waals surface area contributed by atoms with E-state index in [1.54, 1.807) is 0 Å². The molecule has 1 spiro atoms. The molecule has 2 heterocycles. The number of fused-ring (bicyclic) bond motifs is 18. The van der Waals surface area contributed by atoms with E-state index in [1.165, 1.54) is 99.5 Å². The Balaban J connectivity index is 1.05. The van der Waals surface area contributed by atoms with Gasteiger partial charge in [-0.15, -0.1) is 0 Å². The van der Waals surface area contributed by atoms with Gasteiger partial charge in [-0.1, -0.05) is 188 Å². The predicted octanol–water partition coefficient (Wildman–Crippen LogP) is 15.7. The number of hydrogen-bond acceptors (Lipinski definition) is 2. The first kappa shape index (κ1) is 34.7. The summed E-state index contributed by atoms with van der Waals surface area (Å²) in [6.07, 6.45) is 7.22. The minimum atomic E-state index is -0.431. The molecule has 0 fully saturated rings. The SMILES string of the molecule is C1=CC2C3C(=C1)c1ccccc1N3c1ccccc1C21c2ccccc2-c2c(N(c3ccc(-c4ccccc4)cc3)c3ccc4c5ccccc5c5ccccc5c4c3)cccc21. The second-order valence-electron chi connectivity index (χ2n) is 17.5. The number of rotatable bonds is 4. The monoisotopic (exact) mass is 800 g/mol. The van der Waals surface area contributed by atoms with Gasteiger partial charge in [0.15, 0.2) is 0 Å². The minimum absolute atomic E-state index is 0.149. The third kappa shape index (κ3) is 4.62. The zero-order valence-corrected chi connectivity index (χ0v) is 34.5. The molecule has 2 nitrogen and oxygen atoms in total. The lowest BCUT2D eigenvalue weighted by Gasteiger charge is -2.52. The van der Waals surface area contributed by atoms with Gasteiger partial charge in [0.1, 0.15) is 0 Å². The Kier molecular flexibility index (Phi) is 7.19. The van der Waals surface area contributed by atoms with Crippen molar-refractivity contribution < 1.29 is 0 Å². The Bertz CT molecular complexity index is 3560. The Labute approximate surface area is 366 Å². The van der Waals surface area contributed by atoms with Crippen LogP contribution in [0.5, 0.6) is 0 Å². The summed E-state index contributed by atoms with van der Waals surface area (Å²) in [6, 6.07) is 79.6. The minimum Gasteiger partial charge on any atom is -0.332 e. The highest BCUT2D eigenvalue weighted by Crippen LogP contribution is 2.68. The van der Waals surface area contributed by atoms with E-state index in [1.807, 2.05) is 0 Å². The average molecular weight is 801 g/mol. The van der Waals surface area contributed by atoms with Gasteiger partial charge in [-0.25, -0.2) is 0 Å². The van der Waals surface area contributed by atoms with E-state index in [0.717, 1.165) is 11.4 Å². The Morgan fingerprint density at radius 2 is 0.984 bits per heavy atom. The van der Waals surface area contributed by atoms with Crippen molar-refractivity contribution in [2.45, 2.75) is 11.5 Å². The molecule has 2 aliphatic carbocycles. The van der Waals surface area contributed by atoms with Gasteiger partial charge in [-0.2, -0.15) is 0 Å². The molecule has 0 saturated heterocycles. The van der Waals surface area contributed by atoms with Crippen LogP contribution in [0.15, 0.2) is 231 Å². The van der Waals surface area contributed by atoms with Crippen LogP contribution in [0.3, 0.4) is 0 Å². The molecular formula is C61H40N2. The summed E-state index contributed by atoms with van der Waals surface area (Å²) in [5.74, 6) is 0.149. The van der Waals surface area contributed by atoms with Gasteiger partial charge in [-0.3, -0.25) is 0 Å². The number of para-hydroxylation sites is 2. The summed E-state index contributed by atoms with van der Waals surface area (Å²) in [4.78, 5) is 5.17. The maximum absolute atomic E-state index is 2.64. The highest BCUT2D eigenvalue weighted by Gasteiger charge is 2.60. The molecule has 0 N–H and O–H groups in total. The van der Waals surface area contributed by atoms with Gasteiger partial charge in [0.25, 0.3) is 0 Å². The molecule has 0 amide bonds. The summed E-state index contributed by atoms with van der Waals surface area (Å²) in [6.45, 7) is 0. The summed E-state index contributed by atoms with van der Waals surface area (Å²) < 4.78 is 0. The molecule has 0 saturated carbocycles. The maximum Gasteiger partial charge on any atom is 0.0676 e. The van der Waals surface area contributed by atoms with Crippen molar-refractivity contribution in [3.8, 4) is 22.3 Å². The number of allylic oxidation sites excluding steroid dienone is 2. The summed E-state index contributed by atoms with van der Waals surface area (Å²) >= 11 is 0. The maximum atomic E-state index is 2.64. The van der Waals surface area contributed by atoms with Crippen molar-refractivity contribution in [1.29, 1.82) is 0 Å². The van der Waals surface area contributed by atoms with Crippen molar-refractivity contribution in [2.75, 3.05) is 9.80 Å². The van der Waals surface area contributed by atoms with Gasteiger partial charge < -0.3 is 9.80 Å². The summed E-state index contributed by atoms with van der Waals surface area (Å²) in [5.41, 5.74) is 17.4. The van der Waals surface area contributed by atoms with Gasteiger partial charge in [0.2, 0.25) is 0 Å². The first-order chi connectivity index (χ1) is 31.3. The van der Waals surface area contributed by atoms with Crippen LogP contribution in [-0.2, 0) is 5.41 Å². The lowest BCUT2D eigenvalue weighted by Crippen LogP contribution is -2.52. The van der Waals surface area contributed by atoms with E-state index in [2.05, 4.69) is 240 Å². The Morgan fingerprint density at radius 1 is 0.413 bits per heavy atom. The zero-order valence-electron chi connectivity index (χ0n) is 34.5. The fourth-order valence-corrected chi connectivity index (χ4v) is 12.2. The number of anilines is 5. The first-order valence-corrected chi connectivity index (χ1v) is 22.2. The van der Waals surface area contributed by atoms with Gasteiger partial charge >= 0.3 is 0 Å². The third-order valence-electron chi connectivity index (χ3n) is 14.6. The number of nitrogens with zero attached hydrogens (tertiary/aromatic N) is 2.